The van der Waals surface area contributed by atoms with Crippen LogP contribution in [0.4, 0.5) is 5.69 Å². The summed E-state index contributed by atoms with van der Waals surface area (Å²) in [6.45, 7) is 0.625. The molecule has 1 N–H and O–H groups in total. The van der Waals surface area contributed by atoms with Gasteiger partial charge in [-0.15, -0.1) is 0 Å². The number of nitrogens with one attached hydrogen (secondary N) is 1. The van der Waals surface area contributed by atoms with Crippen LogP contribution < -0.4 is 10.1 Å². The predicted molar refractivity (Wildman–Crippen MR) is 105 cm³/mol. The van der Waals surface area contributed by atoms with Crippen molar-refractivity contribution >= 4 is 33.2 Å². The summed E-state index contributed by atoms with van der Waals surface area (Å²) in [5.74, 6) is 0.286. The van der Waals surface area contributed by atoms with Gasteiger partial charge in [-0.3, -0.25) is 4.79 Å². The zero-order valence-electron chi connectivity index (χ0n) is 14.9. The quantitative estimate of drug-likeness (QED) is 0.822. The van der Waals surface area contributed by atoms with Gasteiger partial charge in [0.1, 0.15) is 5.75 Å². The first-order chi connectivity index (χ1) is 12.9. The van der Waals surface area contributed by atoms with Gasteiger partial charge in [0.15, 0.2) is 0 Å². The van der Waals surface area contributed by atoms with E-state index in [9.17, 15) is 13.2 Å². The number of nitrogens with zero attached hydrogens (tertiary/aromatic N) is 1. The molecule has 0 atom stereocenters. The number of carbonyl (C=O) groups excluding carboxylic acids is 1. The summed E-state index contributed by atoms with van der Waals surface area (Å²) < 4.78 is 32.0. The van der Waals surface area contributed by atoms with E-state index < -0.39 is 10.0 Å². The second kappa shape index (κ2) is 8.29. The number of piperidine rings is 1. The molecule has 1 aliphatic heterocycles. The van der Waals surface area contributed by atoms with Gasteiger partial charge in [0.05, 0.1) is 12.0 Å². The highest BCUT2D eigenvalue weighted by Crippen LogP contribution is 2.26. The van der Waals surface area contributed by atoms with Crippen molar-refractivity contribution in [3.63, 3.8) is 0 Å². The summed E-state index contributed by atoms with van der Waals surface area (Å²) in [6.07, 6.45) is 0.962. The van der Waals surface area contributed by atoms with Gasteiger partial charge in [-0.05, 0) is 61.4 Å². The van der Waals surface area contributed by atoms with Crippen LogP contribution in [0.25, 0.3) is 0 Å². The topological polar surface area (TPSA) is 75.7 Å². The molecule has 144 valence electrons. The van der Waals surface area contributed by atoms with Crippen LogP contribution in [-0.4, -0.2) is 38.8 Å². The number of amides is 1. The van der Waals surface area contributed by atoms with E-state index in [0.29, 0.717) is 42.4 Å². The van der Waals surface area contributed by atoms with Crippen molar-refractivity contribution in [2.45, 2.75) is 17.7 Å². The Morgan fingerprint density at radius 3 is 2.22 bits per heavy atom. The summed E-state index contributed by atoms with van der Waals surface area (Å²) in [7, 11) is -2.04. The minimum atomic E-state index is -3.57. The lowest BCUT2D eigenvalue weighted by atomic mass is 9.97. The number of benzene rings is 2. The molecule has 0 saturated carbocycles. The molecule has 8 heteroatoms. The van der Waals surface area contributed by atoms with Gasteiger partial charge in [-0.2, -0.15) is 4.31 Å². The van der Waals surface area contributed by atoms with Crippen molar-refractivity contribution < 1.29 is 17.9 Å². The molecule has 1 fully saturated rings. The van der Waals surface area contributed by atoms with Gasteiger partial charge in [0, 0.05) is 29.7 Å². The van der Waals surface area contributed by atoms with Crippen LogP contribution in [-0.2, 0) is 14.8 Å². The highest BCUT2D eigenvalue weighted by atomic mass is 35.5. The van der Waals surface area contributed by atoms with E-state index >= 15 is 0 Å². The minimum absolute atomic E-state index is 0.0983. The van der Waals surface area contributed by atoms with E-state index in [2.05, 4.69) is 5.32 Å². The van der Waals surface area contributed by atoms with E-state index in [1.807, 2.05) is 0 Å². The zero-order chi connectivity index (χ0) is 19.4. The molecule has 1 heterocycles. The SMILES string of the molecule is COc1ccc(S(=O)(=O)N2CCC(C(=O)Nc3ccc(Cl)cc3)CC2)cc1. The predicted octanol–water partition coefficient (Wildman–Crippen LogP) is 3.39. The van der Waals surface area contributed by atoms with Crippen LogP contribution in [0.5, 0.6) is 5.75 Å². The second-order valence-corrected chi connectivity index (χ2v) is 8.72. The van der Waals surface area contributed by atoms with Gasteiger partial charge in [-0.25, -0.2) is 8.42 Å². The van der Waals surface area contributed by atoms with Crippen LogP contribution in [0.2, 0.25) is 5.02 Å². The van der Waals surface area contributed by atoms with Crippen molar-refractivity contribution in [1.82, 2.24) is 4.31 Å². The highest BCUT2D eigenvalue weighted by molar-refractivity contribution is 7.89. The lowest BCUT2D eigenvalue weighted by molar-refractivity contribution is -0.120. The number of hydrogen-bond donors (Lipinski definition) is 1. The fraction of sp³-hybridized carbons (Fsp3) is 0.316. The molecule has 0 aliphatic carbocycles. The zero-order valence-corrected chi connectivity index (χ0v) is 16.5. The Balaban J connectivity index is 1.60. The standard InChI is InChI=1S/C19H21ClN2O4S/c1-26-17-6-8-18(9-7-17)27(24,25)22-12-10-14(11-13-22)19(23)21-16-4-2-15(20)3-5-16/h2-9,14H,10-13H2,1H3,(H,21,23). The summed E-state index contributed by atoms with van der Waals surface area (Å²) in [4.78, 5) is 12.7. The fourth-order valence-corrected chi connectivity index (χ4v) is 4.63. The molecule has 0 bridgehead atoms. The number of ether oxygens (including phenoxy) is 1. The third-order valence-corrected chi connectivity index (χ3v) is 6.80. The molecule has 3 rings (SSSR count). The third kappa shape index (κ3) is 4.61. The largest absolute Gasteiger partial charge is 0.497 e. The molecule has 27 heavy (non-hydrogen) atoms. The average molecular weight is 409 g/mol. The average Bonchev–Trinajstić information content (AvgIpc) is 2.70. The number of methoxy groups -OCH3 is 1. The molecule has 0 spiro atoms. The molecule has 2 aromatic carbocycles. The van der Waals surface area contributed by atoms with E-state index in [0.717, 1.165) is 0 Å². The van der Waals surface area contributed by atoms with Crippen molar-refractivity contribution in [1.29, 1.82) is 0 Å². The fourth-order valence-electron chi connectivity index (χ4n) is 3.03. The Morgan fingerprint density at radius 2 is 1.67 bits per heavy atom. The Hall–Kier alpha value is -2.09. The van der Waals surface area contributed by atoms with Crippen molar-refractivity contribution in [3.05, 3.63) is 53.6 Å². The Morgan fingerprint density at radius 1 is 1.07 bits per heavy atom. The minimum Gasteiger partial charge on any atom is -0.497 e. The molecule has 0 unspecified atom stereocenters. The third-order valence-electron chi connectivity index (χ3n) is 4.63. The van der Waals surface area contributed by atoms with Crippen molar-refractivity contribution in [3.8, 4) is 5.75 Å². The first-order valence-electron chi connectivity index (χ1n) is 8.61. The number of anilines is 1. The van der Waals surface area contributed by atoms with Crippen LogP contribution >= 0.6 is 11.6 Å². The maximum Gasteiger partial charge on any atom is 0.243 e. The molecule has 1 amide bonds. The van der Waals surface area contributed by atoms with E-state index in [-0.39, 0.29) is 16.7 Å². The molecule has 0 aromatic heterocycles. The van der Waals surface area contributed by atoms with Crippen molar-refractivity contribution in [2.24, 2.45) is 5.92 Å². The van der Waals surface area contributed by atoms with Crippen molar-refractivity contribution in [2.75, 3.05) is 25.5 Å². The number of hydrogen-bond acceptors (Lipinski definition) is 4. The lowest BCUT2D eigenvalue weighted by Gasteiger charge is -2.30. The first-order valence-corrected chi connectivity index (χ1v) is 10.4. The van der Waals surface area contributed by atoms with Crippen LogP contribution in [0.1, 0.15) is 12.8 Å². The van der Waals surface area contributed by atoms with Crippen LogP contribution in [0.3, 0.4) is 0 Å². The molecule has 0 radical (unpaired) electrons. The molecule has 1 aliphatic rings. The first kappa shape index (κ1) is 19.7. The Bertz CT molecular complexity index is 890. The number of sulfonamides is 1. The molecular weight excluding hydrogens is 388 g/mol. The van der Waals surface area contributed by atoms with Crippen LogP contribution in [0, 0.1) is 5.92 Å². The van der Waals surface area contributed by atoms with Gasteiger partial charge >= 0.3 is 0 Å². The van der Waals surface area contributed by atoms with E-state index in [4.69, 9.17) is 16.3 Å². The summed E-state index contributed by atoms with van der Waals surface area (Å²) in [5.41, 5.74) is 0.678. The lowest BCUT2D eigenvalue weighted by Crippen LogP contribution is -2.41. The maximum atomic E-state index is 12.8. The van der Waals surface area contributed by atoms with Gasteiger partial charge in [0.25, 0.3) is 0 Å². The second-order valence-electron chi connectivity index (χ2n) is 6.35. The van der Waals surface area contributed by atoms with Gasteiger partial charge < -0.3 is 10.1 Å². The van der Waals surface area contributed by atoms with Gasteiger partial charge in [-0.1, -0.05) is 11.6 Å². The molecule has 6 nitrogen and oxygen atoms in total. The van der Waals surface area contributed by atoms with Gasteiger partial charge in [0.2, 0.25) is 15.9 Å². The van der Waals surface area contributed by atoms with Crippen LogP contribution in [0.15, 0.2) is 53.4 Å². The normalized spacial score (nSPS) is 16.1. The number of rotatable bonds is 5. The maximum absolute atomic E-state index is 12.8. The smallest absolute Gasteiger partial charge is 0.243 e. The molecular formula is C19H21ClN2O4S. The molecule has 1 saturated heterocycles. The highest BCUT2D eigenvalue weighted by Gasteiger charge is 2.32. The summed E-state index contributed by atoms with van der Waals surface area (Å²) >= 11 is 5.84. The Kier molecular flexibility index (Phi) is 6.04. The molecule has 2 aromatic rings. The van der Waals surface area contributed by atoms with E-state index in [1.54, 1.807) is 36.4 Å². The number of carbonyl (C=O) groups is 1. The summed E-state index contributed by atoms with van der Waals surface area (Å²) in [5, 5.41) is 3.46. The Labute approximate surface area is 164 Å². The number of halogens is 1. The van der Waals surface area contributed by atoms with E-state index in [1.165, 1.54) is 23.5 Å². The monoisotopic (exact) mass is 408 g/mol. The summed E-state index contributed by atoms with van der Waals surface area (Å²) in [6, 6.07) is 13.2.